The first-order chi connectivity index (χ1) is 10.7. The van der Waals surface area contributed by atoms with E-state index in [1.165, 1.54) is 6.07 Å². The number of benzene rings is 1. The highest BCUT2D eigenvalue weighted by Gasteiger charge is 2.31. The van der Waals surface area contributed by atoms with Crippen LogP contribution in [0.15, 0.2) is 36.5 Å². The Bertz CT molecular complexity index is 663. The molecule has 0 spiro atoms. The normalized spacial score (nSPS) is 17.6. The second-order valence-electron chi connectivity index (χ2n) is 5.27. The molecule has 1 aromatic heterocycles. The Hall–Kier alpha value is -2.30. The van der Waals surface area contributed by atoms with Gasteiger partial charge in [0.2, 0.25) is 0 Å². The summed E-state index contributed by atoms with van der Waals surface area (Å²) in [5, 5.41) is 0. The van der Waals surface area contributed by atoms with Crippen molar-refractivity contribution in [3.63, 3.8) is 0 Å². The summed E-state index contributed by atoms with van der Waals surface area (Å²) in [5.74, 6) is 1.66. The summed E-state index contributed by atoms with van der Waals surface area (Å²) < 4.78 is 24.9. The van der Waals surface area contributed by atoms with Crippen LogP contribution in [0.5, 0.6) is 11.5 Å². The molecule has 2 heterocycles. The Morgan fingerprint density at radius 1 is 1.23 bits per heavy atom. The minimum Gasteiger partial charge on any atom is -0.497 e. The van der Waals surface area contributed by atoms with Crippen LogP contribution in [-0.4, -0.2) is 25.7 Å². The highest BCUT2D eigenvalue weighted by molar-refractivity contribution is 5.50. The van der Waals surface area contributed by atoms with E-state index in [1.54, 1.807) is 26.5 Å². The lowest BCUT2D eigenvalue weighted by Crippen LogP contribution is -2.25. The van der Waals surface area contributed by atoms with Crippen LogP contribution in [0.3, 0.4) is 0 Å². The zero-order valence-electron chi connectivity index (χ0n) is 12.8. The number of halogens is 1. The van der Waals surface area contributed by atoms with E-state index in [4.69, 9.17) is 9.47 Å². The molecule has 116 valence electrons. The van der Waals surface area contributed by atoms with Crippen molar-refractivity contribution in [2.75, 3.05) is 25.7 Å². The third-order valence-corrected chi connectivity index (χ3v) is 4.06. The molecule has 1 aromatic carbocycles. The van der Waals surface area contributed by atoms with Crippen molar-refractivity contribution >= 4 is 5.82 Å². The number of pyridine rings is 1. The smallest absolute Gasteiger partial charge is 0.165 e. The maximum absolute atomic E-state index is 14.1. The van der Waals surface area contributed by atoms with Crippen LogP contribution in [-0.2, 0) is 0 Å². The molecule has 1 saturated heterocycles. The summed E-state index contributed by atoms with van der Waals surface area (Å²) in [6.07, 6.45) is 3.54. The number of ether oxygens (including phenoxy) is 2. The summed E-state index contributed by atoms with van der Waals surface area (Å²) in [7, 11) is 3.28. The summed E-state index contributed by atoms with van der Waals surface area (Å²) in [6, 6.07) is 8.80. The topological polar surface area (TPSA) is 34.6 Å². The highest BCUT2D eigenvalue weighted by atomic mass is 19.1. The highest BCUT2D eigenvalue weighted by Crippen LogP contribution is 2.41. The van der Waals surface area contributed by atoms with Crippen LogP contribution in [0.1, 0.15) is 24.4 Å². The fourth-order valence-corrected chi connectivity index (χ4v) is 3.03. The molecular weight excluding hydrogens is 283 g/mol. The van der Waals surface area contributed by atoms with Crippen LogP contribution in [0.25, 0.3) is 0 Å². The molecule has 0 unspecified atom stereocenters. The zero-order chi connectivity index (χ0) is 15.5. The number of rotatable bonds is 4. The van der Waals surface area contributed by atoms with E-state index < -0.39 is 0 Å². The first-order valence-electron chi connectivity index (χ1n) is 7.33. The van der Waals surface area contributed by atoms with Gasteiger partial charge in [0, 0.05) is 18.3 Å². The Morgan fingerprint density at radius 3 is 2.82 bits per heavy atom. The molecule has 22 heavy (non-hydrogen) atoms. The van der Waals surface area contributed by atoms with Crippen molar-refractivity contribution in [2.45, 2.75) is 18.9 Å². The molecule has 3 rings (SSSR count). The molecule has 0 saturated carbocycles. The number of hydrogen-bond donors (Lipinski definition) is 0. The number of hydrogen-bond acceptors (Lipinski definition) is 4. The first kappa shape index (κ1) is 14.6. The van der Waals surface area contributed by atoms with Crippen LogP contribution >= 0.6 is 0 Å². The molecule has 0 amide bonds. The van der Waals surface area contributed by atoms with Gasteiger partial charge in [-0.05, 0) is 43.2 Å². The number of aromatic nitrogens is 1. The predicted octanol–water partition coefficient (Wildman–Crippen LogP) is 3.58. The lowest BCUT2D eigenvalue weighted by Gasteiger charge is -2.27. The molecule has 2 aromatic rings. The number of nitrogens with zero attached hydrogens (tertiary/aromatic N) is 2. The monoisotopic (exact) mass is 302 g/mol. The van der Waals surface area contributed by atoms with E-state index in [2.05, 4.69) is 4.98 Å². The van der Waals surface area contributed by atoms with Crippen molar-refractivity contribution in [1.82, 2.24) is 4.98 Å². The fourth-order valence-electron chi connectivity index (χ4n) is 3.03. The van der Waals surface area contributed by atoms with Gasteiger partial charge in [0.25, 0.3) is 0 Å². The third kappa shape index (κ3) is 2.58. The fraction of sp³-hybridized carbons (Fsp3) is 0.353. The van der Waals surface area contributed by atoms with Crippen molar-refractivity contribution in [3.8, 4) is 11.5 Å². The van der Waals surface area contributed by atoms with Gasteiger partial charge in [-0.2, -0.15) is 0 Å². The molecule has 0 radical (unpaired) electrons. The van der Waals surface area contributed by atoms with E-state index >= 15 is 0 Å². The number of methoxy groups -OCH3 is 2. The molecule has 0 aliphatic carbocycles. The van der Waals surface area contributed by atoms with E-state index in [9.17, 15) is 4.39 Å². The summed E-state index contributed by atoms with van der Waals surface area (Å²) in [6.45, 7) is 0.777. The van der Waals surface area contributed by atoms with Crippen LogP contribution in [0.2, 0.25) is 0 Å². The average molecular weight is 302 g/mol. The second kappa shape index (κ2) is 6.22. The lowest BCUT2D eigenvalue weighted by atomic mass is 10.0. The maximum Gasteiger partial charge on any atom is 0.165 e. The SMILES string of the molecule is COc1ccc(OC)c([C@@H]2CCCN2c2ncccc2F)c1. The van der Waals surface area contributed by atoms with Crippen LogP contribution < -0.4 is 14.4 Å². The first-order valence-corrected chi connectivity index (χ1v) is 7.33. The molecule has 0 bridgehead atoms. The molecular formula is C17H19FN2O2. The van der Waals surface area contributed by atoms with E-state index in [0.29, 0.717) is 5.82 Å². The molecule has 1 aliphatic heterocycles. The van der Waals surface area contributed by atoms with Crippen molar-refractivity contribution < 1.29 is 13.9 Å². The van der Waals surface area contributed by atoms with Gasteiger partial charge in [0.1, 0.15) is 11.5 Å². The Labute approximate surface area is 129 Å². The van der Waals surface area contributed by atoms with Crippen LogP contribution in [0, 0.1) is 5.82 Å². The van der Waals surface area contributed by atoms with Crippen LogP contribution in [0.4, 0.5) is 10.2 Å². The molecule has 1 atom stereocenters. The minimum atomic E-state index is -0.295. The maximum atomic E-state index is 14.1. The minimum absolute atomic E-state index is 0.0365. The lowest BCUT2D eigenvalue weighted by molar-refractivity contribution is 0.395. The standard InChI is InChI=1S/C17H19FN2O2/c1-21-12-7-8-16(22-2)13(11-12)15-6-4-10-20(15)17-14(18)5-3-9-19-17/h3,5,7-9,11,15H,4,6,10H2,1-2H3/t15-/m0/s1. The molecule has 1 fully saturated rings. The molecule has 0 N–H and O–H groups in total. The van der Waals surface area contributed by atoms with Gasteiger partial charge in [-0.3, -0.25) is 0 Å². The average Bonchev–Trinajstić information content (AvgIpc) is 3.03. The van der Waals surface area contributed by atoms with Gasteiger partial charge in [0.05, 0.1) is 20.3 Å². The third-order valence-electron chi connectivity index (χ3n) is 4.06. The van der Waals surface area contributed by atoms with Gasteiger partial charge in [-0.15, -0.1) is 0 Å². The van der Waals surface area contributed by atoms with E-state index in [-0.39, 0.29) is 11.9 Å². The van der Waals surface area contributed by atoms with Crippen molar-refractivity contribution in [2.24, 2.45) is 0 Å². The van der Waals surface area contributed by atoms with Gasteiger partial charge >= 0.3 is 0 Å². The van der Waals surface area contributed by atoms with Gasteiger partial charge < -0.3 is 14.4 Å². The molecule has 5 heteroatoms. The van der Waals surface area contributed by atoms with E-state index in [0.717, 1.165) is 36.4 Å². The summed E-state index contributed by atoms with van der Waals surface area (Å²) >= 11 is 0. The number of anilines is 1. The van der Waals surface area contributed by atoms with Crippen molar-refractivity contribution in [3.05, 3.63) is 47.9 Å². The Balaban J connectivity index is 2.02. The molecule has 4 nitrogen and oxygen atoms in total. The second-order valence-corrected chi connectivity index (χ2v) is 5.27. The van der Waals surface area contributed by atoms with Crippen molar-refractivity contribution in [1.29, 1.82) is 0 Å². The summed E-state index contributed by atoms with van der Waals surface area (Å²) in [4.78, 5) is 6.22. The Morgan fingerprint density at radius 2 is 2.09 bits per heavy atom. The largest absolute Gasteiger partial charge is 0.497 e. The molecule has 1 aliphatic rings. The quantitative estimate of drug-likeness (QED) is 0.864. The zero-order valence-corrected chi connectivity index (χ0v) is 12.8. The van der Waals surface area contributed by atoms with E-state index in [1.807, 2.05) is 23.1 Å². The van der Waals surface area contributed by atoms with Gasteiger partial charge in [0.15, 0.2) is 11.6 Å². The predicted molar refractivity (Wildman–Crippen MR) is 83.1 cm³/mol. The Kier molecular flexibility index (Phi) is 4.13. The van der Waals surface area contributed by atoms with Gasteiger partial charge in [-0.1, -0.05) is 0 Å². The summed E-state index contributed by atoms with van der Waals surface area (Å²) in [5.41, 5.74) is 1.00. The van der Waals surface area contributed by atoms with Gasteiger partial charge in [-0.25, -0.2) is 9.37 Å².